The van der Waals surface area contributed by atoms with Crippen molar-refractivity contribution < 1.29 is 0 Å². The van der Waals surface area contributed by atoms with E-state index in [-0.39, 0.29) is 0 Å². The molecule has 3 heteroatoms. The van der Waals surface area contributed by atoms with Crippen LogP contribution < -0.4 is 5.73 Å². The number of rotatable bonds is 5. The van der Waals surface area contributed by atoms with E-state index in [1.54, 1.807) is 0 Å². The fraction of sp³-hybridized carbons (Fsp3) is 0.312. The molecule has 0 radical (unpaired) electrons. The lowest BCUT2D eigenvalue weighted by Crippen LogP contribution is -2.19. The summed E-state index contributed by atoms with van der Waals surface area (Å²) >= 11 is 3.40. The first-order chi connectivity index (χ1) is 9.17. The number of benzene rings is 1. The van der Waals surface area contributed by atoms with E-state index in [0.29, 0.717) is 12.5 Å². The maximum absolute atomic E-state index is 5.90. The van der Waals surface area contributed by atoms with E-state index in [9.17, 15) is 0 Å². The average Bonchev–Trinajstić information content (AvgIpc) is 2.40. The predicted octanol–water partition coefficient (Wildman–Crippen LogP) is 3.51. The molecule has 2 N–H and O–H groups in total. The molecule has 0 aliphatic carbocycles. The van der Waals surface area contributed by atoms with Crippen LogP contribution in [0.4, 0.5) is 0 Å². The Morgan fingerprint density at radius 1 is 1.21 bits per heavy atom. The molecule has 19 heavy (non-hydrogen) atoms. The zero-order chi connectivity index (χ0) is 13.7. The quantitative estimate of drug-likeness (QED) is 0.916. The van der Waals surface area contributed by atoms with Gasteiger partial charge in [0.25, 0.3) is 0 Å². The number of hydrogen-bond acceptors (Lipinski definition) is 2. The van der Waals surface area contributed by atoms with Gasteiger partial charge in [-0.2, -0.15) is 0 Å². The number of aromatic nitrogens is 1. The van der Waals surface area contributed by atoms with Crippen LogP contribution in [0, 0.1) is 12.8 Å². The summed E-state index contributed by atoms with van der Waals surface area (Å²) in [4.78, 5) is 4.42. The molecule has 1 heterocycles. The highest BCUT2D eigenvalue weighted by Gasteiger charge is 2.10. The van der Waals surface area contributed by atoms with E-state index in [0.717, 1.165) is 23.0 Å². The molecule has 1 atom stereocenters. The first kappa shape index (κ1) is 14.2. The minimum atomic E-state index is 0.440. The third kappa shape index (κ3) is 4.44. The number of nitrogens with zero attached hydrogens (tertiary/aromatic N) is 1. The highest BCUT2D eigenvalue weighted by Crippen LogP contribution is 2.15. The summed E-state index contributed by atoms with van der Waals surface area (Å²) in [5, 5.41) is 0. The van der Waals surface area contributed by atoms with Crippen LogP contribution in [0.5, 0.6) is 0 Å². The molecule has 1 aromatic carbocycles. The molecular formula is C16H19BrN2. The highest BCUT2D eigenvalue weighted by molar-refractivity contribution is 9.10. The summed E-state index contributed by atoms with van der Waals surface area (Å²) in [6.07, 6.45) is 3.78. The summed E-state index contributed by atoms with van der Waals surface area (Å²) in [6, 6.07) is 12.7. The van der Waals surface area contributed by atoms with E-state index >= 15 is 0 Å². The van der Waals surface area contributed by atoms with Gasteiger partial charge >= 0.3 is 0 Å². The Hall–Kier alpha value is -1.19. The molecule has 2 nitrogen and oxygen atoms in total. The van der Waals surface area contributed by atoms with Crippen LogP contribution in [0.2, 0.25) is 0 Å². The Kier molecular flexibility index (Phi) is 5.11. The van der Waals surface area contributed by atoms with Crippen molar-refractivity contribution in [2.75, 3.05) is 6.54 Å². The smallest absolute Gasteiger partial charge is 0.0413 e. The predicted molar refractivity (Wildman–Crippen MR) is 83.1 cm³/mol. The fourth-order valence-electron chi connectivity index (χ4n) is 2.23. The van der Waals surface area contributed by atoms with Crippen molar-refractivity contribution >= 4 is 15.9 Å². The van der Waals surface area contributed by atoms with Crippen LogP contribution in [-0.4, -0.2) is 11.5 Å². The highest BCUT2D eigenvalue weighted by atomic mass is 79.9. The van der Waals surface area contributed by atoms with Gasteiger partial charge in [-0.25, -0.2) is 0 Å². The van der Waals surface area contributed by atoms with Crippen LogP contribution in [0.1, 0.15) is 16.8 Å². The number of halogens is 1. The van der Waals surface area contributed by atoms with Crippen LogP contribution in [0.25, 0.3) is 0 Å². The topological polar surface area (TPSA) is 38.9 Å². The molecule has 2 aromatic rings. The number of pyridine rings is 1. The van der Waals surface area contributed by atoms with Crippen LogP contribution in [0.15, 0.2) is 47.1 Å². The van der Waals surface area contributed by atoms with Crippen molar-refractivity contribution in [3.8, 4) is 0 Å². The lowest BCUT2D eigenvalue weighted by atomic mass is 9.94. The van der Waals surface area contributed by atoms with Gasteiger partial charge in [-0.3, -0.25) is 4.98 Å². The van der Waals surface area contributed by atoms with E-state index in [4.69, 9.17) is 5.73 Å². The van der Waals surface area contributed by atoms with Gasteiger partial charge < -0.3 is 5.73 Å². The minimum Gasteiger partial charge on any atom is -0.330 e. The molecule has 0 saturated carbocycles. The molecule has 100 valence electrons. The van der Waals surface area contributed by atoms with Crippen molar-refractivity contribution in [1.82, 2.24) is 4.98 Å². The van der Waals surface area contributed by atoms with E-state index in [1.165, 1.54) is 11.1 Å². The first-order valence-corrected chi connectivity index (χ1v) is 7.32. The fourth-order valence-corrected chi connectivity index (χ4v) is 2.47. The van der Waals surface area contributed by atoms with Crippen LogP contribution >= 0.6 is 15.9 Å². The zero-order valence-corrected chi connectivity index (χ0v) is 12.7. The van der Waals surface area contributed by atoms with E-state index in [1.807, 2.05) is 12.3 Å². The van der Waals surface area contributed by atoms with Gasteiger partial charge in [0.15, 0.2) is 0 Å². The van der Waals surface area contributed by atoms with Gasteiger partial charge in [0, 0.05) is 16.4 Å². The van der Waals surface area contributed by atoms with Gasteiger partial charge in [-0.05, 0) is 65.9 Å². The Labute approximate surface area is 123 Å². The summed E-state index contributed by atoms with van der Waals surface area (Å²) in [5.74, 6) is 0.440. The molecular weight excluding hydrogens is 300 g/mol. The molecule has 0 fully saturated rings. The minimum absolute atomic E-state index is 0.440. The van der Waals surface area contributed by atoms with Crippen molar-refractivity contribution in [2.24, 2.45) is 11.7 Å². The number of nitrogens with two attached hydrogens (primary N) is 1. The lowest BCUT2D eigenvalue weighted by molar-refractivity contribution is 0.526. The summed E-state index contributed by atoms with van der Waals surface area (Å²) in [7, 11) is 0. The largest absolute Gasteiger partial charge is 0.330 e. The SMILES string of the molecule is Cc1cccc(CC(CN)Cc2ccc(Br)cn2)c1. The van der Waals surface area contributed by atoms with Crippen LogP contribution in [0.3, 0.4) is 0 Å². The maximum Gasteiger partial charge on any atom is 0.0413 e. The zero-order valence-electron chi connectivity index (χ0n) is 11.1. The molecule has 1 aromatic heterocycles. The normalized spacial score (nSPS) is 12.4. The maximum atomic E-state index is 5.90. The Morgan fingerprint density at radius 3 is 2.68 bits per heavy atom. The molecule has 0 spiro atoms. The van der Waals surface area contributed by atoms with E-state index < -0.39 is 0 Å². The van der Waals surface area contributed by atoms with Gasteiger partial charge in [0.2, 0.25) is 0 Å². The van der Waals surface area contributed by atoms with Crippen molar-refractivity contribution in [3.63, 3.8) is 0 Å². The van der Waals surface area contributed by atoms with Crippen molar-refractivity contribution in [2.45, 2.75) is 19.8 Å². The summed E-state index contributed by atoms with van der Waals surface area (Å²) < 4.78 is 1.01. The number of aryl methyl sites for hydroxylation is 1. The molecule has 1 unspecified atom stereocenters. The van der Waals surface area contributed by atoms with Crippen LogP contribution in [-0.2, 0) is 12.8 Å². The van der Waals surface area contributed by atoms with Gasteiger partial charge in [0.05, 0.1) is 0 Å². The molecule has 0 aliphatic rings. The van der Waals surface area contributed by atoms with Crippen molar-refractivity contribution in [1.29, 1.82) is 0 Å². The third-order valence-electron chi connectivity index (χ3n) is 3.23. The molecule has 2 rings (SSSR count). The Bertz CT molecular complexity index is 523. The molecule has 0 aliphatic heterocycles. The first-order valence-electron chi connectivity index (χ1n) is 6.53. The lowest BCUT2D eigenvalue weighted by Gasteiger charge is -2.14. The van der Waals surface area contributed by atoms with Gasteiger partial charge in [0.1, 0.15) is 0 Å². The van der Waals surface area contributed by atoms with Gasteiger partial charge in [-0.15, -0.1) is 0 Å². The molecule has 0 saturated heterocycles. The standard InChI is InChI=1S/C16H19BrN2/c1-12-3-2-4-13(7-12)8-14(10-18)9-16-6-5-15(17)11-19-16/h2-7,11,14H,8-10,18H2,1H3. The molecule has 0 amide bonds. The second-order valence-corrected chi connectivity index (χ2v) is 5.88. The average molecular weight is 319 g/mol. The monoisotopic (exact) mass is 318 g/mol. The second-order valence-electron chi connectivity index (χ2n) is 4.97. The van der Waals surface area contributed by atoms with Gasteiger partial charge in [-0.1, -0.05) is 29.8 Å². The summed E-state index contributed by atoms with van der Waals surface area (Å²) in [6.45, 7) is 2.81. The van der Waals surface area contributed by atoms with Crippen molar-refractivity contribution in [3.05, 3.63) is 63.9 Å². The summed E-state index contributed by atoms with van der Waals surface area (Å²) in [5.41, 5.74) is 9.66. The van der Waals surface area contributed by atoms with E-state index in [2.05, 4.69) is 58.2 Å². The number of hydrogen-bond donors (Lipinski definition) is 1. The second kappa shape index (κ2) is 6.83. The Morgan fingerprint density at radius 2 is 2.05 bits per heavy atom. The molecule has 0 bridgehead atoms. The third-order valence-corrected chi connectivity index (χ3v) is 3.70. The Balaban J connectivity index is 2.02.